The van der Waals surface area contributed by atoms with Crippen LogP contribution in [0.4, 0.5) is 0 Å². The highest BCUT2D eigenvalue weighted by molar-refractivity contribution is 5.98. The maximum Gasteiger partial charge on any atom is 0.242 e. The minimum Gasteiger partial charge on any atom is -0.339 e. The number of piperazine rings is 1. The predicted octanol–water partition coefficient (Wildman–Crippen LogP) is 2.98. The molecule has 1 fully saturated rings. The van der Waals surface area contributed by atoms with E-state index in [-0.39, 0.29) is 5.91 Å². The van der Waals surface area contributed by atoms with Crippen LogP contribution in [0.2, 0.25) is 0 Å². The number of hydrogen-bond acceptors (Lipinski definition) is 3. The summed E-state index contributed by atoms with van der Waals surface area (Å²) in [6, 6.07) is 18.4. The first-order chi connectivity index (χ1) is 13.2. The Hall–Kier alpha value is -2.92. The monoisotopic (exact) mass is 360 g/mol. The highest BCUT2D eigenvalue weighted by Crippen LogP contribution is 2.20. The third kappa shape index (κ3) is 3.78. The lowest BCUT2D eigenvalue weighted by atomic mass is 10.2. The molecule has 0 atom stereocenters. The van der Waals surface area contributed by atoms with Crippen LogP contribution in [-0.2, 0) is 17.9 Å². The summed E-state index contributed by atoms with van der Waals surface area (Å²) in [5, 5.41) is 8.61. The number of aromatic nitrogens is 1. The van der Waals surface area contributed by atoms with E-state index in [0.717, 1.165) is 49.2 Å². The lowest BCUT2D eigenvalue weighted by molar-refractivity contribution is -0.133. The van der Waals surface area contributed by atoms with Crippen molar-refractivity contribution in [1.82, 2.24) is 14.4 Å². The highest BCUT2D eigenvalue weighted by Gasteiger charge is 2.22. The van der Waals surface area contributed by atoms with Gasteiger partial charge in [-0.2, -0.15) is 0 Å². The van der Waals surface area contributed by atoms with Crippen LogP contribution in [0, 0.1) is 5.41 Å². The molecule has 1 aromatic heterocycles. The van der Waals surface area contributed by atoms with E-state index in [9.17, 15) is 4.79 Å². The Balaban J connectivity index is 1.38. The van der Waals surface area contributed by atoms with Crippen LogP contribution >= 0.6 is 0 Å². The number of fused-ring (bicyclic) bond motifs is 1. The molecule has 1 saturated heterocycles. The molecule has 0 spiro atoms. The number of amides is 1. The quantitative estimate of drug-likeness (QED) is 0.711. The van der Waals surface area contributed by atoms with E-state index >= 15 is 0 Å². The molecule has 5 nitrogen and oxygen atoms in total. The molecule has 0 aliphatic carbocycles. The van der Waals surface area contributed by atoms with Gasteiger partial charge in [0.25, 0.3) is 0 Å². The van der Waals surface area contributed by atoms with Gasteiger partial charge in [-0.3, -0.25) is 9.69 Å². The van der Waals surface area contributed by atoms with Gasteiger partial charge < -0.3 is 14.9 Å². The van der Waals surface area contributed by atoms with E-state index in [4.69, 9.17) is 5.41 Å². The second kappa shape index (κ2) is 7.76. The van der Waals surface area contributed by atoms with Gasteiger partial charge in [-0.05, 0) is 11.6 Å². The summed E-state index contributed by atoms with van der Waals surface area (Å²) >= 11 is 0. The zero-order valence-corrected chi connectivity index (χ0v) is 15.3. The molecule has 0 radical (unpaired) electrons. The Morgan fingerprint density at radius 3 is 2.41 bits per heavy atom. The standard InChI is InChI=1S/C22H24N4O/c23-14-19-16-26(21-9-5-4-8-20(19)21)17-22(27)25-12-10-24(11-13-25)15-18-6-2-1-3-7-18/h1-9,14,16,23H,10-13,15,17H2. The van der Waals surface area contributed by atoms with Crippen molar-refractivity contribution in [2.75, 3.05) is 26.2 Å². The fourth-order valence-corrected chi connectivity index (χ4v) is 3.76. The Morgan fingerprint density at radius 1 is 0.963 bits per heavy atom. The Kier molecular flexibility index (Phi) is 5.03. The highest BCUT2D eigenvalue weighted by atomic mass is 16.2. The van der Waals surface area contributed by atoms with Crippen LogP contribution < -0.4 is 0 Å². The first-order valence-electron chi connectivity index (χ1n) is 9.37. The molecule has 1 N–H and O–H groups in total. The molecule has 27 heavy (non-hydrogen) atoms. The molecule has 2 aromatic carbocycles. The van der Waals surface area contributed by atoms with Crippen molar-refractivity contribution < 1.29 is 4.79 Å². The normalized spacial score (nSPS) is 15.2. The van der Waals surface area contributed by atoms with Crippen LogP contribution in [-0.4, -0.2) is 52.7 Å². The zero-order valence-electron chi connectivity index (χ0n) is 15.3. The Labute approximate surface area is 159 Å². The molecule has 5 heteroatoms. The van der Waals surface area contributed by atoms with E-state index in [0.29, 0.717) is 6.54 Å². The molecule has 4 rings (SSSR count). The van der Waals surface area contributed by atoms with Gasteiger partial charge in [-0.15, -0.1) is 0 Å². The van der Waals surface area contributed by atoms with Gasteiger partial charge in [0.1, 0.15) is 6.54 Å². The topological polar surface area (TPSA) is 52.3 Å². The van der Waals surface area contributed by atoms with Crippen molar-refractivity contribution in [3.05, 3.63) is 71.9 Å². The van der Waals surface area contributed by atoms with Gasteiger partial charge in [0.2, 0.25) is 5.91 Å². The summed E-state index contributed by atoms with van der Waals surface area (Å²) in [6.07, 6.45) is 3.26. The van der Waals surface area contributed by atoms with Gasteiger partial charge in [0, 0.05) is 61.6 Å². The molecule has 1 amide bonds. The number of benzene rings is 2. The van der Waals surface area contributed by atoms with Gasteiger partial charge in [-0.1, -0.05) is 48.5 Å². The van der Waals surface area contributed by atoms with Crippen molar-refractivity contribution >= 4 is 23.0 Å². The van der Waals surface area contributed by atoms with E-state index in [1.165, 1.54) is 11.8 Å². The van der Waals surface area contributed by atoms with Crippen LogP contribution in [0.15, 0.2) is 60.8 Å². The van der Waals surface area contributed by atoms with Crippen LogP contribution in [0.5, 0.6) is 0 Å². The van der Waals surface area contributed by atoms with Gasteiger partial charge in [-0.25, -0.2) is 0 Å². The first kappa shape index (κ1) is 17.5. The smallest absolute Gasteiger partial charge is 0.242 e. The summed E-state index contributed by atoms with van der Waals surface area (Å²) in [5.41, 5.74) is 3.17. The second-order valence-electron chi connectivity index (χ2n) is 7.02. The molecule has 0 unspecified atom stereocenters. The maximum atomic E-state index is 12.8. The number of nitrogens with one attached hydrogen (secondary N) is 1. The minimum absolute atomic E-state index is 0.145. The van der Waals surface area contributed by atoms with Crippen molar-refractivity contribution in [2.24, 2.45) is 0 Å². The summed E-state index contributed by atoms with van der Waals surface area (Å²) < 4.78 is 1.97. The summed E-state index contributed by atoms with van der Waals surface area (Å²) in [6.45, 7) is 4.60. The number of hydrogen-bond donors (Lipinski definition) is 1. The van der Waals surface area contributed by atoms with Crippen molar-refractivity contribution in [1.29, 1.82) is 5.41 Å². The largest absolute Gasteiger partial charge is 0.339 e. The van der Waals surface area contributed by atoms with Crippen molar-refractivity contribution in [3.63, 3.8) is 0 Å². The molecule has 1 aliphatic heterocycles. The van der Waals surface area contributed by atoms with Crippen molar-refractivity contribution in [2.45, 2.75) is 13.1 Å². The maximum absolute atomic E-state index is 12.8. The van der Waals surface area contributed by atoms with Gasteiger partial charge >= 0.3 is 0 Å². The SMILES string of the molecule is N=Cc1cn(CC(=O)N2CCN(Cc3ccccc3)CC2)c2ccccc12. The zero-order chi connectivity index (χ0) is 18.6. The van der Waals surface area contributed by atoms with Crippen LogP contribution in [0.3, 0.4) is 0 Å². The minimum atomic E-state index is 0.145. The lowest BCUT2D eigenvalue weighted by Gasteiger charge is -2.35. The molecule has 0 saturated carbocycles. The van der Waals surface area contributed by atoms with Crippen molar-refractivity contribution in [3.8, 4) is 0 Å². The van der Waals surface area contributed by atoms with Crippen LogP contribution in [0.25, 0.3) is 10.9 Å². The predicted molar refractivity (Wildman–Crippen MR) is 108 cm³/mol. The third-order valence-electron chi connectivity index (χ3n) is 5.25. The summed E-state index contributed by atoms with van der Waals surface area (Å²) in [4.78, 5) is 17.2. The van der Waals surface area contributed by atoms with Crippen LogP contribution in [0.1, 0.15) is 11.1 Å². The number of carbonyl (C=O) groups excluding carboxylic acids is 1. The lowest BCUT2D eigenvalue weighted by Crippen LogP contribution is -2.49. The van der Waals surface area contributed by atoms with E-state index < -0.39 is 0 Å². The number of rotatable bonds is 5. The molecule has 0 bridgehead atoms. The van der Waals surface area contributed by atoms with Gasteiger partial charge in [0.05, 0.1) is 0 Å². The number of nitrogens with zero attached hydrogens (tertiary/aromatic N) is 3. The molecule has 3 aromatic rings. The average molecular weight is 360 g/mol. The molecule has 1 aliphatic rings. The Bertz CT molecular complexity index is 939. The summed E-state index contributed by atoms with van der Waals surface area (Å²) in [5.74, 6) is 0.145. The molecule has 2 heterocycles. The Morgan fingerprint density at radius 2 is 1.67 bits per heavy atom. The van der Waals surface area contributed by atoms with E-state index in [1.54, 1.807) is 0 Å². The first-order valence-corrected chi connectivity index (χ1v) is 9.37. The fourth-order valence-electron chi connectivity index (χ4n) is 3.76. The van der Waals surface area contributed by atoms with E-state index in [2.05, 4.69) is 29.2 Å². The average Bonchev–Trinajstić information content (AvgIpc) is 3.07. The molecular weight excluding hydrogens is 336 g/mol. The second-order valence-corrected chi connectivity index (χ2v) is 7.02. The molecular formula is C22H24N4O. The molecule has 138 valence electrons. The number of carbonyl (C=O) groups is 1. The third-order valence-corrected chi connectivity index (χ3v) is 5.25. The van der Waals surface area contributed by atoms with Gasteiger partial charge in [0.15, 0.2) is 0 Å². The fraction of sp³-hybridized carbons (Fsp3) is 0.273. The number of para-hydroxylation sites is 1. The summed E-state index contributed by atoms with van der Waals surface area (Å²) in [7, 11) is 0. The van der Waals surface area contributed by atoms with E-state index in [1.807, 2.05) is 46.0 Å².